The maximum Gasteiger partial charge on any atom is 0.410 e. The van der Waals surface area contributed by atoms with E-state index in [1.54, 1.807) is 12.1 Å². The monoisotopic (exact) mass is 631 g/mol. The van der Waals surface area contributed by atoms with E-state index in [4.69, 9.17) is 16.2 Å². The van der Waals surface area contributed by atoms with Gasteiger partial charge in [0.25, 0.3) is 0 Å². The van der Waals surface area contributed by atoms with Gasteiger partial charge in [0.15, 0.2) is 0 Å². The van der Waals surface area contributed by atoms with Gasteiger partial charge in [-0.15, -0.1) is 0 Å². The molecule has 0 atom stereocenters. The molecule has 1 amide bonds. The molecule has 2 saturated heterocycles. The number of hydrogen-bond acceptors (Lipinski definition) is 8. The first-order valence-electron chi connectivity index (χ1n) is 17.4. The zero-order valence-corrected chi connectivity index (χ0v) is 27.9. The highest BCUT2D eigenvalue weighted by Gasteiger charge is 2.55. The standard InChI is InChI=1S/C36H53N7O3/c1-35(2,3)46-34(45)43-22-36(23-43)19-26(20-36)41-16-14-40(15-17-41)24-8-10-25(11-9-24)42-13-12-31-29(21-42)28(33(38)39-31)18-30(37)27-6-4-5-7-32(27)44/h4-7,18,24-26,39,44H,8-17,19-23,37-38H2,1-3H3/b30-18-. The second-order valence-electron chi connectivity index (χ2n) is 15.7. The molecule has 1 aromatic carbocycles. The highest BCUT2D eigenvalue weighted by Crippen LogP contribution is 2.50. The summed E-state index contributed by atoms with van der Waals surface area (Å²) in [6, 6.07) is 9.15. The third-order valence-electron chi connectivity index (χ3n) is 11.4. The summed E-state index contributed by atoms with van der Waals surface area (Å²) in [4.78, 5) is 25.8. The first-order valence-corrected chi connectivity index (χ1v) is 17.4. The number of aromatic hydroxyl groups is 1. The summed E-state index contributed by atoms with van der Waals surface area (Å²) in [5, 5.41) is 10.3. The van der Waals surface area contributed by atoms with Crippen LogP contribution in [0.3, 0.4) is 0 Å². The van der Waals surface area contributed by atoms with Crippen molar-refractivity contribution in [3.8, 4) is 5.75 Å². The summed E-state index contributed by atoms with van der Waals surface area (Å²) in [6.07, 6.45) is 10.2. The smallest absolute Gasteiger partial charge is 0.410 e. The van der Waals surface area contributed by atoms with Gasteiger partial charge in [-0.2, -0.15) is 0 Å². The summed E-state index contributed by atoms with van der Waals surface area (Å²) in [5.74, 6) is 0.831. The number of carbonyl (C=O) groups is 1. The molecule has 2 saturated carbocycles. The molecule has 0 bridgehead atoms. The molecule has 10 nitrogen and oxygen atoms in total. The van der Waals surface area contributed by atoms with Gasteiger partial charge in [-0.1, -0.05) is 12.1 Å². The molecule has 1 spiro atoms. The van der Waals surface area contributed by atoms with Crippen LogP contribution in [0.15, 0.2) is 24.3 Å². The number of likely N-dealkylation sites (tertiary alicyclic amines) is 1. The Balaban J connectivity index is 0.866. The number of nitrogens with two attached hydrogens (primary N) is 2. The molecule has 2 aliphatic carbocycles. The number of rotatable bonds is 5. The second kappa shape index (κ2) is 12.1. The van der Waals surface area contributed by atoms with Crippen molar-refractivity contribution in [3.63, 3.8) is 0 Å². The Morgan fingerprint density at radius 1 is 0.957 bits per heavy atom. The lowest BCUT2D eigenvalue weighted by Gasteiger charge is -2.61. The largest absolute Gasteiger partial charge is 0.507 e. The van der Waals surface area contributed by atoms with Crippen LogP contribution in [0, 0.1) is 5.41 Å². The number of aromatic amines is 1. The summed E-state index contributed by atoms with van der Waals surface area (Å²) in [7, 11) is 0. The number of benzene rings is 1. The number of anilines is 1. The van der Waals surface area contributed by atoms with Crippen LogP contribution in [0.25, 0.3) is 11.8 Å². The molecule has 2 aromatic rings. The van der Waals surface area contributed by atoms with E-state index in [0.717, 1.165) is 38.2 Å². The number of piperazine rings is 1. The van der Waals surface area contributed by atoms with Crippen molar-refractivity contribution in [2.24, 2.45) is 11.1 Å². The van der Waals surface area contributed by atoms with Crippen molar-refractivity contribution in [1.82, 2.24) is 24.6 Å². The zero-order chi connectivity index (χ0) is 32.2. The summed E-state index contributed by atoms with van der Waals surface area (Å²) < 4.78 is 5.56. The van der Waals surface area contributed by atoms with Crippen molar-refractivity contribution >= 4 is 23.7 Å². The fraction of sp³-hybridized carbons (Fsp3) is 0.639. The summed E-state index contributed by atoms with van der Waals surface area (Å²) in [5.41, 5.74) is 17.4. The van der Waals surface area contributed by atoms with Gasteiger partial charge >= 0.3 is 6.09 Å². The maximum atomic E-state index is 12.4. The predicted octanol–water partition coefficient (Wildman–Crippen LogP) is 4.45. The Morgan fingerprint density at radius 2 is 1.57 bits per heavy atom. The van der Waals surface area contributed by atoms with Crippen LogP contribution in [0.1, 0.15) is 81.7 Å². The number of carbonyl (C=O) groups excluding carboxylic acids is 1. The number of nitrogens with one attached hydrogen (secondary N) is 1. The zero-order valence-electron chi connectivity index (χ0n) is 27.9. The van der Waals surface area contributed by atoms with Crippen LogP contribution in [-0.4, -0.2) is 105 Å². The lowest BCUT2D eigenvalue weighted by Crippen LogP contribution is -2.69. The van der Waals surface area contributed by atoms with Crippen LogP contribution in [0.2, 0.25) is 0 Å². The number of phenolic OH excluding ortho intramolecular Hbond substituents is 1. The van der Waals surface area contributed by atoms with E-state index in [9.17, 15) is 9.90 Å². The van der Waals surface area contributed by atoms with Crippen molar-refractivity contribution in [2.45, 2.75) is 96.0 Å². The number of fused-ring (bicyclic) bond motifs is 1. The van der Waals surface area contributed by atoms with E-state index in [1.807, 2.05) is 43.9 Å². The molecular weight excluding hydrogens is 578 g/mol. The molecule has 10 heteroatoms. The number of amides is 1. The van der Waals surface area contributed by atoms with Crippen molar-refractivity contribution in [3.05, 3.63) is 46.6 Å². The molecule has 0 radical (unpaired) electrons. The lowest BCUT2D eigenvalue weighted by molar-refractivity contribution is -0.114. The summed E-state index contributed by atoms with van der Waals surface area (Å²) >= 11 is 0. The number of nitrogen functional groups attached to an aromatic ring is 1. The van der Waals surface area contributed by atoms with E-state index in [2.05, 4.69) is 19.7 Å². The Morgan fingerprint density at radius 3 is 2.20 bits per heavy atom. The fourth-order valence-corrected chi connectivity index (χ4v) is 8.92. The average molecular weight is 632 g/mol. The molecule has 4 fully saturated rings. The van der Waals surface area contributed by atoms with Crippen LogP contribution < -0.4 is 11.5 Å². The summed E-state index contributed by atoms with van der Waals surface area (Å²) in [6.45, 7) is 14.1. The number of hydrogen-bond donors (Lipinski definition) is 4. The number of nitrogens with zero attached hydrogens (tertiary/aromatic N) is 4. The number of H-pyrrole nitrogens is 1. The third kappa shape index (κ3) is 6.23. The molecule has 250 valence electrons. The minimum absolute atomic E-state index is 0.156. The molecule has 0 unspecified atom stereocenters. The third-order valence-corrected chi connectivity index (χ3v) is 11.4. The Bertz CT molecular complexity index is 1450. The van der Waals surface area contributed by atoms with Gasteiger partial charge in [0.2, 0.25) is 0 Å². The topological polar surface area (TPSA) is 127 Å². The molecule has 7 rings (SSSR count). The van der Waals surface area contributed by atoms with E-state index >= 15 is 0 Å². The van der Waals surface area contributed by atoms with Gasteiger partial charge in [-0.25, -0.2) is 4.79 Å². The maximum absolute atomic E-state index is 12.4. The normalized spacial score (nSPS) is 26.4. The van der Waals surface area contributed by atoms with Crippen molar-refractivity contribution < 1.29 is 14.6 Å². The molecule has 3 aliphatic heterocycles. The molecule has 46 heavy (non-hydrogen) atoms. The highest BCUT2D eigenvalue weighted by atomic mass is 16.6. The van der Waals surface area contributed by atoms with E-state index in [1.165, 1.54) is 76.0 Å². The van der Waals surface area contributed by atoms with Gasteiger partial charge in [0, 0.05) is 105 Å². The van der Waals surface area contributed by atoms with Crippen LogP contribution in [0.5, 0.6) is 5.75 Å². The minimum Gasteiger partial charge on any atom is -0.507 e. The molecular formula is C36H53N7O3. The average Bonchev–Trinajstić information content (AvgIpc) is 3.29. The Hall–Kier alpha value is -3.21. The molecule has 5 aliphatic rings. The van der Waals surface area contributed by atoms with Crippen LogP contribution >= 0.6 is 0 Å². The van der Waals surface area contributed by atoms with Gasteiger partial charge in [-0.3, -0.25) is 14.7 Å². The SMILES string of the molecule is CC(C)(C)OC(=O)N1CC2(CC(N3CCN(C4CCC(N5CCc6[nH]c(N)c(/C=C(\N)c7ccccc7O)c6C5)CC4)CC3)C2)C1. The predicted molar refractivity (Wildman–Crippen MR) is 182 cm³/mol. The first-order chi connectivity index (χ1) is 22.0. The molecule has 6 N–H and O–H groups in total. The van der Waals surface area contributed by atoms with Crippen LogP contribution in [0.4, 0.5) is 10.6 Å². The Labute approximate surface area is 273 Å². The van der Waals surface area contributed by atoms with Gasteiger partial charge in [-0.05, 0) is 83.1 Å². The second-order valence-corrected chi connectivity index (χ2v) is 15.7. The molecule has 1 aromatic heterocycles. The van der Waals surface area contributed by atoms with Gasteiger partial charge in [0.1, 0.15) is 17.2 Å². The van der Waals surface area contributed by atoms with Crippen LogP contribution in [-0.2, 0) is 17.7 Å². The Kier molecular flexibility index (Phi) is 8.26. The number of phenols is 1. The fourth-order valence-electron chi connectivity index (χ4n) is 8.92. The van der Waals surface area contributed by atoms with Crippen molar-refractivity contribution in [1.29, 1.82) is 0 Å². The van der Waals surface area contributed by atoms with E-state index in [0.29, 0.717) is 40.6 Å². The number of ether oxygens (including phenoxy) is 1. The quantitative estimate of drug-likeness (QED) is 0.382. The highest BCUT2D eigenvalue weighted by molar-refractivity contribution is 5.86. The minimum atomic E-state index is -0.427. The van der Waals surface area contributed by atoms with Gasteiger partial charge in [0.05, 0.1) is 0 Å². The van der Waals surface area contributed by atoms with Gasteiger partial charge < -0.3 is 31.2 Å². The lowest BCUT2D eigenvalue weighted by atomic mass is 9.60. The molecule has 4 heterocycles. The first kappa shape index (κ1) is 31.4. The van der Waals surface area contributed by atoms with E-state index in [-0.39, 0.29) is 11.8 Å². The number of para-hydroxylation sites is 1. The number of aromatic nitrogens is 1. The van der Waals surface area contributed by atoms with E-state index < -0.39 is 5.60 Å². The van der Waals surface area contributed by atoms with Crippen molar-refractivity contribution in [2.75, 3.05) is 51.5 Å².